The molecule has 0 bridgehead atoms. The lowest BCUT2D eigenvalue weighted by Crippen LogP contribution is -2.33. The number of hydrogen-bond acceptors (Lipinski definition) is 9. The van der Waals surface area contributed by atoms with Crippen molar-refractivity contribution in [3.05, 3.63) is 63.4 Å². The first-order valence-corrected chi connectivity index (χ1v) is 12.0. The number of aromatic amines is 1. The fraction of sp³-hybridized carbons (Fsp3) is 0.500. The van der Waals surface area contributed by atoms with E-state index in [0.29, 0.717) is 12.2 Å². The molecule has 0 saturated carbocycles. The summed E-state index contributed by atoms with van der Waals surface area (Å²) in [5, 5.41) is 9.96. The molecule has 2 heterocycles. The zero-order valence-electron chi connectivity index (χ0n) is 19.7. The molecule has 1 aliphatic rings. The Kier molecular flexibility index (Phi) is 11.4. The summed E-state index contributed by atoms with van der Waals surface area (Å²) in [6, 6.07) is 10.4. The van der Waals surface area contributed by atoms with Crippen molar-refractivity contribution >= 4 is 14.5 Å². The van der Waals surface area contributed by atoms with Gasteiger partial charge in [-0.1, -0.05) is 25.1 Å². The number of rotatable bonds is 10. The number of carbonyl (C=O) groups is 1. The largest absolute Gasteiger partial charge is 0.462 e. The first-order chi connectivity index (χ1) is 16.3. The van der Waals surface area contributed by atoms with Crippen LogP contribution in [-0.2, 0) is 18.8 Å². The van der Waals surface area contributed by atoms with Gasteiger partial charge in [-0.05, 0) is 32.4 Å². The predicted molar refractivity (Wildman–Crippen MR) is 126 cm³/mol. The average molecular weight is 497 g/mol. The molecule has 12 heteroatoms. The Morgan fingerprint density at radius 1 is 1.26 bits per heavy atom. The molecule has 188 valence electrons. The van der Waals surface area contributed by atoms with Gasteiger partial charge in [0.05, 0.1) is 18.8 Å². The minimum atomic E-state index is -1.65. The van der Waals surface area contributed by atoms with Gasteiger partial charge < -0.3 is 23.6 Å². The Bertz CT molecular complexity index is 997. The van der Waals surface area contributed by atoms with Crippen LogP contribution in [0.25, 0.3) is 0 Å². The number of para-hydroxylation sites is 1. The summed E-state index contributed by atoms with van der Waals surface area (Å²) < 4.78 is 24.3. The lowest BCUT2D eigenvalue weighted by molar-refractivity contribution is -0.145. The van der Waals surface area contributed by atoms with Gasteiger partial charge in [-0.3, -0.25) is 19.1 Å². The summed E-state index contributed by atoms with van der Waals surface area (Å²) in [4.78, 5) is 37.6. The second-order valence-electron chi connectivity index (χ2n) is 7.71. The molecule has 4 unspecified atom stereocenters. The summed E-state index contributed by atoms with van der Waals surface area (Å²) in [6.07, 6.45) is 1.07. The van der Waals surface area contributed by atoms with Gasteiger partial charge in [0.15, 0.2) is 0 Å². The number of ether oxygens (including phenoxy) is 2. The van der Waals surface area contributed by atoms with Gasteiger partial charge in [0, 0.05) is 25.3 Å². The molecule has 0 radical (unpaired) electrons. The van der Waals surface area contributed by atoms with Crippen LogP contribution < -0.4 is 20.9 Å². The number of H-pyrrole nitrogens is 1. The van der Waals surface area contributed by atoms with E-state index in [1.54, 1.807) is 26.0 Å². The normalized spacial score (nSPS) is 20.4. The van der Waals surface area contributed by atoms with E-state index >= 15 is 0 Å². The van der Waals surface area contributed by atoms with E-state index in [-0.39, 0.29) is 31.3 Å². The van der Waals surface area contributed by atoms with Crippen LogP contribution >= 0.6 is 8.53 Å². The monoisotopic (exact) mass is 497 g/mol. The molecule has 0 aliphatic carbocycles. The van der Waals surface area contributed by atoms with Crippen LogP contribution in [0.5, 0.6) is 5.75 Å². The van der Waals surface area contributed by atoms with Crippen molar-refractivity contribution in [2.75, 3.05) is 20.3 Å². The van der Waals surface area contributed by atoms with Crippen molar-refractivity contribution in [1.82, 2.24) is 14.6 Å². The molecule has 2 aromatic rings. The summed E-state index contributed by atoms with van der Waals surface area (Å²) >= 11 is 0. The third-order valence-corrected chi connectivity index (χ3v) is 5.78. The van der Waals surface area contributed by atoms with Crippen LogP contribution in [0.4, 0.5) is 0 Å². The molecule has 1 fully saturated rings. The first kappa shape index (κ1) is 27.7. The van der Waals surface area contributed by atoms with Crippen molar-refractivity contribution in [3.63, 3.8) is 0 Å². The second kappa shape index (κ2) is 14.0. The topological polar surface area (TPSA) is 141 Å². The highest BCUT2D eigenvalue weighted by molar-refractivity contribution is 7.45. The maximum atomic E-state index is 12.1. The lowest BCUT2D eigenvalue weighted by atomic mass is 10.1. The Morgan fingerprint density at radius 3 is 2.62 bits per heavy atom. The molecule has 4 atom stereocenters. The predicted octanol–water partition coefficient (Wildman–Crippen LogP) is 1.93. The molecule has 1 aromatic heterocycles. The van der Waals surface area contributed by atoms with Crippen molar-refractivity contribution in [2.45, 2.75) is 45.6 Å². The van der Waals surface area contributed by atoms with Gasteiger partial charge in [-0.15, -0.1) is 0 Å². The van der Waals surface area contributed by atoms with E-state index in [1.807, 2.05) is 25.1 Å². The van der Waals surface area contributed by atoms with E-state index < -0.39 is 32.0 Å². The number of benzene rings is 1. The number of aliphatic hydroxyl groups is 1. The fourth-order valence-electron chi connectivity index (χ4n) is 3.26. The highest BCUT2D eigenvalue weighted by Crippen LogP contribution is 2.38. The highest BCUT2D eigenvalue weighted by atomic mass is 31.2. The molecule has 3 N–H and O–H groups in total. The Labute approximate surface area is 199 Å². The molecule has 3 rings (SSSR count). The molecule has 1 aliphatic heterocycles. The summed E-state index contributed by atoms with van der Waals surface area (Å²) in [5.41, 5.74) is -0.974. The van der Waals surface area contributed by atoms with E-state index in [2.05, 4.69) is 10.1 Å². The number of nitrogens with zero attached hydrogens (tertiary/aromatic N) is 1. The van der Waals surface area contributed by atoms with Gasteiger partial charge in [-0.2, -0.15) is 0 Å². The van der Waals surface area contributed by atoms with Gasteiger partial charge in [-0.25, -0.2) is 9.88 Å². The Hall–Kier alpha value is -2.56. The number of aromatic nitrogens is 2. The summed E-state index contributed by atoms with van der Waals surface area (Å²) in [5.74, 6) is 0.222. The zero-order valence-corrected chi connectivity index (χ0v) is 20.6. The number of aliphatic hydroxyl groups excluding tert-OH is 1. The van der Waals surface area contributed by atoms with Crippen molar-refractivity contribution in [2.24, 2.45) is 5.92 Å². The second-order valence-corrected chi connectivity index (χ2v) is 8.98. The van der Waals surface area contributed by atoms with Crippen molar-refractivity contribution in [3.8, 4) is 5.75 Å². The van der Waals surface area contributed by atoms with Crippen molar-refractivity contribution < 1.29 is 28.4 Å². The number of carbonyl (C=O) groups excluding carboxylic acids is 1. The van der Waals surface area contributed by atoms with Crippen molar-refractivity contribution in [1.29, 1.82) is 0 Å². The average Bonchev–Trinajstić information content (AvgIpc) is 3.17. The zero-order chi connectivity index (χ0) is 25.1. The van der Waals surface area contributed by atoms with Gasteiger partial charge in [0.2, 0.25) is 0 Å². The smallest absolute Gasteiger partial charge is 0.330 e. The minimum Gasteiger partial charge on any atom is -0.462 e. The number of nitrogens with one attached hydrogen (secondary N) is 2. The maximum Gasteiger partial charge on any atom is 0.330 e. The highest BCUT2D eigenvalue weighted by Gasteiger charge is 2.35. The quantitative estimate of drug-likeness (QED) is 0.332. The summed E-state index contributed by atoms with van der Waals surface area (Å²) in [7, 11) is -0.651. The van der Waals surface area contributed by atoms with Crippen LogP contribution in [0.2, 0.25) is 0 Å². The number of esters is 1. The third-order valence-electron chi connectivity index (χ3n) is 4.61. The molecule has 11 nitrogen and oxygen atoms in total. The summed E-state index contributed by atoms with van der Waals surface area (Å²) in [6.45, 7) is 5.66. The van der Waals surface area contributed by atoms with Gasteiger partial charge in [0.25, 0.3) is 5.56 Å². The molecular weight excluding hydrogens is 465 g/mol. The van der Waals surface area contributed by atoms with Crippen LogP contribution in [0.15, 0.2) is 52.2 Å². The van der Waals surface area contributed by atoms with Crippen LogP contribution in [0, 0.1) is 5.92 Å². The molecule has 0 amide bonds. The van der Waals surface area contributed by atoms with E-state index in [9.17, 15) is 14.4 Å². The molecule has 1 saturated heterocycles. The van der Waals surface area contributed by atoms with Crippen LogP contribution in [0.1, 0.15) is 33.4 Å². The first-order valence-electron chi connectivity index (χ1n) is 10.8. The van der Waals surface area contributed by atoms with Crippen LogP contribution in [-0.4, -0.2) is 53.1 Å². The lowest BCUT2D eigenvalue weighted by Gasteiger charge is -2.21. The van der Waals surface area contributed by atoms with E-state index in [0.717, 1.165) is 7.11 Å². The number of hydrogen-bond donors (Lipinski definition) is 3. The SMILES string of the molecule is CC(C)OC(=O)CNP(OCC1CC(C)C(n2ccc(=O)[nH]c2=O)O1)Oc1ccccc1.CO. The van der Waals surface area contributed by atoms with E-state index in [1.165, 1.54) is 16.8 Å². The van der Waals surface area contributed by atoms with E-state index in [4.69, 9.17) is 23.6 Å². The Balaban J connectivity index is 0.00000199. The van der Waals surface area contributed by atoms with Gasteiger partial charge in [0.1, 0.15) is 18.5 Å². The standard InChI is InChI=1S/C21H28N3O7P.CH4O/c1-14(2)29-19(26)12-22-32(31-16-7-5-4-6-8-16)28-13-17-11-15(3)20(30-17)24-10-9-18(25)23-21(24)27;1-2/h4-10,14-15,17,20,22H,11-13H2,1-3H3,(H,23,25,27);2H,1H3. The third kappa shape index (κ3) is 8.66. The molecule has 1 aromatic carbocycles. The minimum absolute atomic E-state index is 0.0300. The fourth-order valence-corrected chi connectivity index (χ4v) is 4.34. The van der Waals surface area contributed by atoms with Crippen LogP contribution in [0.3, 0.4) is 0 Å². The molecule has 0 spiro atoms. The Morgan fingerprint density at radius 2 is 1.97 bits per heavy atom. The molecular formula is C22H32N3O8P. The molecule has 34 heavy (non-hydrogen) atoms. The van der Waals surface area contributed by atoms with Gasteiger partial charge >= 0.3 is 20.2 Å². The maximum absolute atomic E-state index is 12.1.